The van der Waals surface area contributed by atoms with Crippen molar-refractivity contribution in [1.29, 1.82) is 0 Å². The molecule has 0 fully saturated rings. The van der Waals surface area contributed by atoms with Gasteiger partial charge in [-0.2, -0.15) is 0 Å². The molecule has 0 amide bonds. The minimum atomic E-state index is 0.595. The first-order chi connectivity index (χ1) is 16.7. The average molecular weight is 451 g/mol. The summed E-state index contributed by atoms with van der Waals surface area (Å²) in [7, 11) is 0. The van der Waals surface area contributed by atoms with Gasteiger partial charge in [0.25, 0.3) is 0 Å². The second-order valence-electron chi connectivity index (χ2n) is 10.0. The smallest absolute Gasteiger partial charge is 0.00612 e. The van der Waals surface area contributed by atoms with Gasteiger partial charge >= 0.3 is 0 Å². The maximum Gasteiger partial charge on any atom is -0.00612 e. The maximum absolute atomic E-state index is 2.43. The lowest BCUT2D eigenvalue weighted by Crippen LogP contribution is -2.07. The third-order valence-corrected chi connectivity index (χ3v) is 7.58. The summed E-state index contributed by atoms with van der Waals surface area (Å²) < 4.78 is 0. The molecular formula is C34H42. The number of benzene rings is 4. The molecule has 4 aromatic rings. The Morgan fingerprint density at radius 3 is 1.50 bits per heavy atom. The lowest BCUT2D eigenvalue weighted by molar-refractivity contribution is 0.563. The van der Waals surface area contributed by atoms with Crippen LogP contribution in [0.5, 0.6) is 0 Å². The van der Waals surface area contributed by atoms with Gasteiger partial charge in [0.1, 0.15) is 0 Å². The summed E-state index contributed by atoms with van der Waals surface area (Å²) in [5, 5.41) is 6.02. The van der Waals surface area contributed by atoms with Crippen LogP contribution < -0.4 is 0 Å². The van der Waals surface area contributed by atoms with Gasteiger partial charge in [0.15, 0.2) is 0 Å². The molecule has 178 valence electrons. The van der Waals surface area contributed by atoms with E-state index >= 15 is 0 Å². The van der Waals surface area contributed by atoms with E-state index in [1.54, 1.807) is 11.1 Å². The summed E-state index contributed by atoms with van der Waals surface area (Å²) in [6, 6.07) is 27.5. The van der Waals surface area contributed by atoms with Crippen molar-refractivity contribution in [3.63, 3.8) is 0 Å². The Morgan fingerprint density at radius 2 is 0.941 bits per heavy atom. The summed E-state index contributed by atoms with van der Waals surface area (Å²) in [5.41, 5.74) is 5.95. The van der Waals surface area contributed by atoms with Gasteiger partial charge in [-0.1, -0.05) is 126 Å². The van der Waals surface area contributed by atoms with E-state index in [1.807, 2.05) is 0 Å². The van der Waals surface area contributed by atoms with Gasteiger partial charge in [-0.05, 0) is 81.3 Å². The highest BCUT2D eigenvalue weighted by molar-refractivity contribution is 6.12. The quantitative estimate of drug-likeness (QED) is 0.199. The molecule has 0 aliphatic rings. The fourth-order valence-corrected chi connectivity index (χ4v) is 6.28. The highest BCUT2D eigenvalue weighted by Gasteiger charge is 2.25. The largest absolute Gasteiger partial charge is 0.0654 e. The van der Waals surface area contributed by atoms with E-state index in [-0.39, 0.29) is 0 Å². The molecule has 0 heteroatoms. The number of fused-ring (bicyclic) bond motifs is 2. The van der Waals surface area contributed by atoms with Crippen LogP contribution in [-0.2, 0) is 0 Å². The summed E-state index contributed by atoms with van der Waals surface area (Å²) >= 11 is 0. The molecule has 0 heterocycles. The molecule has 0 nitrogen and oxygen atoms in total. The van der Waals surface area contributed by atoms with E-state index < -0.39 is 0 Å². The van der Waals surface area contributed by atoms with E-state index in [4.69, 9.17) is 0 Å². The van der Waals surface area contributed by atoms with Crippen LogP contribution in [0.2, 0.25) is 0 Å². The Kier molecular flexibility index (Phi) is 8.44. The van der Waals surface area contributed by atoms with Crippen LogP contribution in [0, 0.1) is 0 Å². The third-order valence-electron chi connectivity index (χ3n) is 7.58. The molecule has 4 aromatic carbocycles. The summed E-state index contributed by atoms with van der Waals surface area (Å²) in [5.74, 6) is 1.20. The molecule has 0 aliphatic heterocycles. The molecule has 0 atom stereocenters. The van der Waals surface area contributed by atoms with E-state index in [9.17, 15) is 0 Å². The second kappa shape index (κ2) is 11.7. The zero-order valence-electron chi connectivity index (χ0n) is 21.7. The number of hydrogen-bond acceptors (Lipinski definition) is 0. The van der Waals surface area contributed by atoms with Gasteiger partial charge < -0.3 is 0 Å². The van der Waals surface area contributed by atoms with Crippen molar-refractivity contribution in [2.45, 2.75) is 90.9 Å². The van der Waals surface area contributed by atoms with Gasteiger partial charge in [0.2, 0.25) is 0 Å². The van der Waals surface area contributed by atoms with Gasteiger partial charge in [-0.25, -0.2) is 0 Å². The molecule has 0 aromatic heterocycles. The normalized spacial score (nSPS) is 11.8. The Morgan fingerprint density at radius 1 is 0.471 bits per heavy atom. The fraction of sp³-hybridized carbons (Fsp3) is 0.412. The molecule has 34 heavy (non-hydrogen) atoms. The van der Waals surface area contributed by atoms with E-state index in [0.29, 0.717) is 11.8 Å². The first-order valence-electron chi connectivity index (χ1n) is 13.8. The van der Waals surface area contributed by atoms with Crippen LogP contribution in [-0.4, -0.2) is 0 Å². The number of hydrogen-bond donors (Lipinski definition) is 0. The Labute approximate surface area is 207 Å². The van der Waals surface area contributed by atoms with Gasteiger partial charge in [-0.3, -0.25) is 0 Å². The van der Waals surface area contributed by atoms with E-state index in [2.05, 4.69) is 100 Å². The van der Waals surface area contributed by atoms with Gasteiger partial charge in [0.05, 0.1) is 0 Å². The predicted octanol–water partition coefficient (Wildman–Crippen LogP) is 11.0. The molecular weight excluding hydrogens is 408 g/mol. The average Bonchev–Trinajstić information content (AvgIpc) is 2.87. The molecule has 0 radical (unpaired) electrons. The molecule has 0 unspecified atom stereocenters. The first-order valence-corrected chi connectivity index (χ1v) is 13.8. The van der Waals surface area contributed by atoms with Crippen LogP contribution in [0.4, 0.5) is 0 Å². The molecule has 0 aliphatic carbocycles. The summed E-state index contributed by atoms with van der Waals surface area (Å²) in [4.78, 5) is 0. The highest BCUT2D eigenvalue weighted by Crippen LogP contribution is 2.47. The lowest BCUT2D eigenvalue weighted by Gasteiger charge is -2.28. The minimum Gasteiger partial charge on any atom is -0.0654 e. The maximum atomic E-state index is 2.43. The van der Waals surface area contributed by atoms with Crippen LogP contribution in [0.1, 0.15) is 102 Å². The van der Waals surface area contributed by atoms with Crippen LogP contribution in [0.15, 0.2) is 72.8 Å². The van der Waals surface area contributed by atoms with Crippen molar-refractivity contribution in [2.24, 2.45) is 0 Å². The highest BCUT2D eigenvalue weighted by atomic mass is 14.3. The monoisotopic (exact) mass is 450 g/mol. The minimum absolute atomic E-state index is 0.595. The fourth-order valence-electron chi connectivity index (χ4n) is 6.28. The standard InChI is InChI=1S/C34H42/c1-5-15-26(16-6-2)32-29-21-12-13-22-30(29)33(27(17-7-3)18-8-4)34-28(23-14-24-31(32)34)25-19-10-9-11-20-25/h9-14,19-24,26-27H,5-8,15-18H2,1-4H3. The second-order valence-corrected chi connectivity index (χ2v) is 10.0. The number of rotatable bonds is 11. The molecule has 0 saturated heterocycles. The van der Waals surface area contributed by atoms with Gasteiger partial charge in [-0.15, -0.1) is 0 Å². The van der Waals surface area contributed by atoms with E-state index in [0.717, 1.165) is 0 Å². The van der Waals surface area contributed by atoms with E-state index in [1.165, 1.54) is 84.0 Å². The molecule has 4 rings (SSSR count). The van der Waals surface area contributed by atoms with Gasteiger partial charge in [0, 0.05) is 0 Å². The molecule has 0 bridgehead atoms. The SMILES string of the molecule is CCCC(CCC)c1c2ccccc2c(C(CCC)CCC)c2c(-c3ccccc3)cccc12. The summed E-state index contributed by atoms with van der Waals surface area (Å²) in [6.07, 6.45) is 9.94. The van der Waals surface area contributed by atoms with Crippen LogP contribution >= 0.6 is 0 Å². The predicted molar refractivity (Wildman–Crippen MR) is 152 cm³/mol. The lowest BCUT2D eigenvalue weighted by atomic mass is 9.76. The van der Waals surface area contributed by atoms with Crippen molar-refractivity contribution in [3.05, 3.63) is 83.9 Å². The molecule has 0 N–H and O–H groups in total. The Bertz CT molecular complexity index is 1190. The molecule has 0 saturated carbocycles. The topological polar surface area (TPSA) is 0 Å². The zero-order valence-corrected chi connectivity index (χ0v) is 21.7. The first kappa shape index (κ1) is 24.5. The summed E-state index contributed by atoms with van der Waals surface area (Å²) in [6.45, 7) is 9.38. The van der Waals surface area contributed by atoms with Crippen LogP contribution in [0.3, 0.4) is 0 Å². The molecule has 0 spiro atoms. The van der Waals surface area contributed by atoms with Crippen molar-refractivity contribution < 1.29 is 0 Å². The Balaban J connectivity index is 2.19. The van der Waals surface area contributed by atoms with Crippen LogP contribution in [0.25, 0.3) is 32.7 Å². The Hall–Kier alpha value is -2.60. The van der Waals surface area contributed by atoms with Crippen molar-refractivity contribution >= 4 is 21.5 Å². The van der Waals surface area contributed by atoms with Crippen molar-refractivity contribution in [3.8, 4) is 11.1 Å². The third kappa shape index (κ3) is 4.78. The van der Waals surface area contributed by atoms with Crippen molar-refractivity contribution in [1.82, 2.24) is 0 Å². The zero-order chi connectivity index (χ0) is 23.9. The van der Waals surface area contributed by atoms with Crippen molar-refractivity contribution in [2.75, 3.05) is 0 Å².